The summed E-state index contributed by atoms with van der Waals surface area (Å²) in [4.78, 5) is 22.4. The van der Waals surface area contributed by atoms with Gasteiger partial charge in [0.25, 0.3) is 0 Å². The van der Waals surface area contributed by atoms with Gasteiger partial charge < -0.3 is 9.47 Å². The van der Waals surface area contributed by atoms with Gasteiger partial charge in [-0.2, -0.15) is 0 Å². The fraction of sp³-hybridized carbons (Fsp3) is 0.385. The van der Waals surface area contributed by atoms with Crippen LogP contribution in [0.15, 0.2) is 34.5 Å². The average Bonchev–Trinajstić information content (AvgIpc) is 2.36. The summed E-state index contributed by atoms with van der Waals surface area (Å²) in [5.41, 5.74) is 0.786. The molecule has 19 heavy (non-hydrogen) atoms. The second-order valence-corrected chi connectivity index (χ2v) is 4.30. The van der Waals surface area contributed by atoms with Gasteiger partial charge in [-0.3, -0.25) is 0 Å². The smallest absolute Gasteiger partial charge is 0.447 e. The van der Waals surface area contributed by atoms with Crippen molar-refractivity contribution in [3.8, 4) is 5.75 Å². The normalized spacial score (nSPS) is 10.7. The lowest BCUT2D eigenvalue weighted by Gasteiger charge is -2.03. The van der Waals surface area contributed by atoms with E-state index in [0.29, 0.717) is 5.75 Å². The standard InChI is InChI=1S/C13H16N2O4/c1-9(2)8-18-12(16)14-15-13(17)19-11-7-5-4-6-10(11)3/h4-7,9H,8H2,1-3H3. The van der Waals surface area contributed by atoms with Crippen LogP contribution in [0.5, 0.6) is 5.75 Å². The van der Waals surface area contributed by atoms with Crippen molar-refractivity contribution in [1.82, 2.24) is 0 Å². The lowest BCUT2D eigenvalue weighted by atomic mass is 10.2. The van der Waals surface area contributed by atoms with Gasteiger partial charge in [0.05, 0.1) is 6.61 Å². The predicted molar refractivity (Wildman–Crippen MR) is 68.2 cm³/mol. The Morgan fingerprint density at radius 2 is 1.79 bits per heavy atom. The van der Waals surface area contributed by atoms with Crippen LogP contribution in [0.25, 0.3) is 0 Å². The number of hydrogen-bond acceptors (Lipinski definition) is 4. The second-order valence-electron chi connectivity index (χ2n) is 4.30. The molecule has 6 heteroatoms. The number of azo groups is 1. The van der Waals surface area contributed by atoms with E-state index in [-0.39, 0.29) is 12.5 Å². The molecule has 0 aromatic heterocycles. The minimum atomic E-state index is -0.962. The van der Waals surface area contributed by atoms with Gasteiger partial charge in [-0.25, -0.2) is 9.59 Å². The molecule has 0 heterocycles. The minimum Gasteiger partial charge on any atom is -0.447 e. The van der Waals surface area contributed by atoms with E-state index in [1.165, 1.54) is 0 Å². The Kier molecular flexibility index (Phi) is 5.66. The monoisotopic (exact) mass is 264 g/mol. The molecule has 6 nitrogen and oxygen atoms in total. The van der Waals surface area contributed by atoms with Crippen molar-refractivity contribution >= 4 is 12.2 Å². The van der Waals surface area contributed by atoms with E-state index in [2.05, 4.69) is 10.2 Å². The van der Waals surface area contributed by atoms with Crippen LogP contribution in [0, 0.1) is 12.8 Å². The van der Waals surface area contributed by atoms with Crippen molar-refractivity contribution in [3.05, 3.63) is 29.8 Å². The maximum atomic E-state index is 11.3. The molecule has 0 saturated heterocycles. The fourth-order valence-corrected chi connectivity index (χ4v) is 1.13. The van der Waals surface area contributed by atoms with E-state index in [9.17, 15) is 9.59 Å². The van der Waals surface area contributed by atoms with Gasteiger partial charge in [0.15, 0.2) is 0 Å². The van der Waals surface area contributed by atoms with Crippen LogP contribution in [0.3, 0.4) is 0 Å². The Morgan fingerprint density at radius 3 is 2.42 bits per heavy atom. The SMILES string of the molecule is Cc1ccccc1OC(=O)N=NC(=O)OCC(C)C. The van der Waals surface area contributed by atoms with Crippen molar-refractivity contribution < 1.29 is 19.1 Å². The zero-order valence-corrected chi connectivity index (χ0v) is 11.1. The minimum absolute atomic E-state index is 0.193. The molecule has 0 aliphatic rings. The van der Waals surface area contributed by atoms with Crippen LogP contribution in [-0.4, -0.2) is 18.8 Å². The van der Waals surface area contributed by atoms with Gasteiger partial charge >= 0.3 is 12.2 Å². The van der Waals surface area contributed by atoms with Gasteiger partial charge in [0.2, 0.25) is 0 Å². The number of aryl methyl sites for hydroxylation is 1. The number of nitrogens with zero attached hydrogens (tertiary/aromatic N) is 2. The van der Waals surface area contributed by atoms with E-state index in [4.69, 9.17) is 9.47 Å². The van der Waals surface area contributed by atoms with Gasteiger partial charge in [-0.1, -0.05) is 42.3 Å². The molecule has 0 unspecified atom stereocenters. The number of carbonyl (C=O) groups excluding carboxylic acids is 2. The van der Waals surface area contributed by atoms with Crippen LogP contribution < -0.4 is 4.74 Å². The maximum Gasteiger partial charge on any atom is 0.458 e. The van der Waals surface area contributed by atoms with Crippen molar-refractivity contribution in [1.29, 1.82) is 0 Å². The van der Waals surface area contributed by atoms with Crippen molar-refractivity contribution in [3.63, 3.8) is 0 Å². The largest absolute Gasteiger partial charge is 0.458 e. The van der Waals surface area contributed by atoms with Crippen molar-refractivity contribution in [2.24, 2.45) is 16.1 Å². The molecule has 0 saturated carbocycles. The summed E-state index contributed by atoms with van der Waals surface area (Å²) >= 11 is 0. The Labute approximate surface area is 111 Å². The molecule has 0 aliphatic carbocycles. The molecular weight excluding hydrogens is 248 g/mol. The van der Waals surface area contributed by atoms with Crippen molar-refractivity contribution in [2.75, 3.05) is 6.61 Å². The van der Waals surface area contributed by atoms with Gasteiger partial charge in [0.1, 0.15) is 5.75 Å². The van der Waals surface area contributed by atoms with Crippen LogP contribution in [0.2, 0.25) is 0 Å². The van der Waals surface area contributed by atoms with Gasteiger partial charge in [-0.15, -0.1) is 0 Å². The van der Waals surface area contributed by atoms with E-state index in [1.807, 2.05) is 19.9 Å². The summed E-state index contributed by atoms with van der Waals surface area (Å²) in [5, 5.41) is 6.24. The summed E-state index contributed by atoms with van der Waals surface area (Å²) in [7, 11) is 0. The molecule has 0 N–H and O–H groups in total. The van der Waals surface area contributed by atoms with Crippen LogP contribution in [0.1, 0.15) is 19.4 Å². The summed E-state index contributed by atoms with van der Waals surface area (Å²) < 4.78 is 9.63. The van der Waals surface area contributed by atoms with E-state index in [0.717, 1.165) is 5.56 Å². The number of rotatable bonds is 3. The summed E-state index contributed by atoms with van der Waals surface area (Å²) in [6.45, 7) is 5.79. The van der Waals surface area contributed by atoms with E-state index >= 15 is 0 Å². The summed E-state index contributed by atoms with van der Waals surface area (Å²) in [5.74, 6) is 0.570. The third kappa shape index (κ3) is 5.76. The Hall–Kier alpha value is -2.24. The summed E-state index contributed by atoms with van der Waals surface area (Å²) in [6, 6.07) is 6.96. The van der Waals surface area contributed by atoms with Crippen LogP contribution >= 0.6 is 0 Å². The summed E-state index contributed by atoms with van der Waals surface area (Å²) in [6.07, 6.45) is -1.87. The maximum absolute atomic E-state index is 11.3. The van der Waals surface area contributed by atoms with E-state index in [1.54, 1.807) is 25.1 Å². The van der Waals surface area contributed by atoms with E-state index < -0.39 is 12.2 Å². The third-order valence-corrected chi connectivity index (χ3v) is 2.04. The molecule has 0 aliphatic heterocycles. The zero-order chi connectivity index (χ0) is 14.3. The molecule has 0 bridgehead atoms. The first-order valence-electron chi connectivity index (χ1n) is 5.85. The second kappa shape index (κ2) is 7.25. The Bertz CT molecular complexity index is 483. The van der Waals surface area contributed by atoms with Crippen LogP contribution in [0.4, 0.5) is 9.59 Å². The first kappa shape index (κ1) is 14.8. The molecule has 102 valence electrons. The molecule has 1 aromatic carbocycles. The average molecular weight is 264 g/mol. The molecular formula is C13H16N2O4. The quantitative estimate of drug-likeness (QED) is 0.779. The lowest BCUT2D eigenvalue weighted by Crippen LogP contribution is -2.07. The molecule has 0 atom stereocenters. The number of benzene rings is 1. The van der Waals surface area contributed by atoms with Crippen molar-refractivity contribution in [2.45, 2.75) is 20.8 Å². The Balaban J connectivity index is 2.47. The molecule has 2 amide bonds. The highest BCUT2D eigenvalue weighted by Gasteiger charge is 2.07. The number of amides is 2. The molecule has 0 fully saturated rings. The predicted octanol–water partition coefficient (Wildman–Crippen LogP) is 3.74. The number of hydrogen-bond donors (Lipinski definition) is 0. The highest BCUT2D eigenvalue weighted by Crippen LogP contribution is 2.16. The van der Waals surface area contributed by atoms with Gasteiger partial charge in [0, 0.05) is 0 Å². The molecule has 1 rings (SSSR count). The zero-order valence-electron chi connectivity index (χ0n) is 11.1. The number of para-hydroxylation sites is 1. The highest BCUT2D eigenvalue weighted by atomic mass is 16.6. The number of ether oxygens (including phenoxy) is 2. The molecule has 0 spiro atoms. The molecule has 0 radical (unpaired) electrons. The highest BCUT2D eigenvalue weighted by molar-refractivity contribution is 5.74. The Morgan fingerprint density at radius 1 is 1.16 bits per heavy atom. The molecule has 1 aromatic rings. The van der Waals surface area contributed by atoms with Crippen LogP contribution in [-0.2, 0) is 4.74 Å². The first-order valence-corrected chi connectivity index (χ1v) is 5.85. The first-order chi connectivity index (χ1) is 8.99. The fourth-order valence-electron chi connectivity index (χ4n) is 1.13. The number of carbonyl (C=O) groups is 2. The lowest BCUT2D eigenvalue weighted by molar-refractivity contribution is 0.141. The van der Waals surface area contributed by atoms with Gasteiger partial charge in [-0.05, 0) is 24.5 Å². The third-order valence-electron chi connectivity index (χ3n) is 2.04. The topological polar surface area (TPSA) is 77.3 Å².